The normalized spacial score (nSPS) is 23.8. The minimum absolute atomic E-state index is 0.764. The summed E-state index contributed by atoms with van der Waals surface area (Å²) in [6, 6.07) is 0. The summed E-state index contributed by atoms with van der Waals surface area (Å²) in [5.41, 5.74) is 1.50. The molecule has 0 aliphatic heterocycles. The quantitative estimate of drug-likeness (QED) is 0.309. The molecule has 0 N–H and O–H groups in total. The molecule has 0 radical (unpaired) electrons. The van der Waals surface area contributed by atoms with Crippen molar-refractivity contribution in [1.29, 1.82) is 0 Å². The maximum atomic E-state index is 4.66. The van der Waals surface area contributed by atoms with Gasteiger partial charge in [0.15, 0.2) is 0 Å². The van der Waals surface area contributed by atoms with Crippen molar-refractivity contribution >= 4 is 0 Å². The molecule has 2 saturated carbocycles. The first kappa shape index (κ1) is 22.2. The Balaban J connectivity index is 0.000000171. The number of rotatable bonds is 3. The van der Waals surface area contributed by atoms with Gasteiger partial charge in [-0.2, -0.15) is 0 Å². The van der Waals surface area contributed by atoms with Gasteiger partial charge in [0.05, 0.1) is 13.7 Å². The third kappa shape index (κ3) is 16.4. The van der Waals surface area contributed by atoms with Crippen LogP contribution in [0.2, 0.25) is 0 Å². The molecule has 0 spiro atoms. The van der Waals surface area contributed by atoms with Gasteiger partial charge in [-0.25, -0.2) is 9.78 Å². The van der Waals surface area contributed by atoms with Crippen molar-refractivity contribution in [2.75, 3.05) is 13.7 Å². The smallest absolute Gasteiger partial charge is 0.0850 e. The molecule has 4 rings (SSSR count). The van der Waals surface area contributed by atoms with E-state index in [-0.39, 0.29) is 0 Å². The average molecular weight is 349 g/mol. The number of hydrogen-bond acceptors (Lipinski definition) is 2. The van der Waals surface area contributed by atoms with E-state index in [0.717, 1.165) is 24.4 Å². The highest BCUT2D eigenvalue weighted by Gasteiger charge is 2.21. The van der Waals surface area contributed by atoms with Crippen molar-refractivity contribution in [2.24, 2.45) is 17.8 Å². The summed E-state index contributed by atoms with van der Waals surface area (Å²) in [7, 11) is 1.54. The van der Waals surface area contributed by atoms with Crippen LogP contribution in [-0.2, 0) is 9.78 Å². The largest absolute Gasteiger partial charge is 0.240 e. The van der Waals surface area contributed by atoms with Crippen LogP contribution in [0, 0.1) is 17.8 Å². The van der Waals surface area contributed by atoms with Crippen LogP contribution in [0.15, 0.2) is 36.0 Å². The van der Waals surface area contributed by atoms with Crippen LogP contribution in [0.5, 0.6) is 0 Å². The summed E-state index contributed by atoms with van der Waals surface area (Å²) >= 11 is 0. The van der Waals surface area contributed by atoms with Crippen molar-refractivity contribution in [1.82, 2.24) is 0 Å². The average Bonchev–Trinajstić information content (AvgIpc) is 3.54. The Bertz CT molecular complexity index is 392. The first-order valence-corrected chi connectivity index (χ1v) is 10.3. The Morgan fingerprint density at radius 2 is 1.60 bits per heavy atom. The fourth-order valence-electron chi connectivity index (χ4n) is 2.43. The summed E-state index contributed by atoms with van der Waals surface area (Å²) in [4.78, 5) is 9.05. The van der Waals surface area contributed by atoms with Gasteiger partial charge in [0.1, 0.15) is 0 Å². The summed E-state index contributed by atoms with van der Waals surface area (Å²) in [6.45, 7) is 7.49. The SMILES string of the molecule is C1=CCCCC1.CC1=CC=CC(C)C1.CC1CC1.COOCC1CC1. The summed E-state index contributed by atoms with van der Waals surface area (Å²) < 4.78 is 0. The second-order valence-electron chi connectivity index (χ2n) is 7.91. The van der Waals surface area contributed by atoms with E-state index in [1.54, 1.807) is 7.11 Å². The molecule has 0 aromatic carbocycles. The van der Waals surface area contributed by atoms with Gasteiger partial charge in [0.25, 0.3) is 0 Å². The van der Waals surface area contributed by atoms with E-state index in [9.17, 15) is 0 Å². The molecule has 144 valence electrons. The van der Waals surface area contributed by atoms with E-state index in [0.29, 0.717) is 0 Å². The van der Waals surface area contributed by atoms with Crippen LogP contribution in [0.4, 0.5) is 0 Å². The minimum Gasteiger partial charge on any atom is -0.240 e. The van der Waals surface area contributed by atoms with Gasteiger partial charge in [-0.3, -0.25) is 0 Å². The van der Waals surface area contributed by atoms with Crippen molar-refractivity contribution in [3.63, 3.8) is 0 Å². The molecule has 0 amide bonds. The van der Waals surface area contributed by atoms with Crippen molar-refractivity contribution in [3.8, 4) is 0 Å². The predicted octanol–water partition coefficient (Wildman–Crippen LogP) is 7.04. The lowest BCUT2D eigenvalue weighted by atomic mass is 9.97. The highest BCUT2D eigenvalue weighted by atomic mass is 17.2. The molecule has 0 saturated heterocycles. The van der Waals surface area contributed by atoms with Crippen LogP contribution < -0.4 is 0 Å². The lowest BCUT2D eigenvalue weighted by Gasteiger charge is -2.08. The predicted molar refractivity (Wildman–Crippen MR) is 108 cm³/mol. The van der Waals surface area contributed by atoms with Crippen LogP contribution in [-0.4, -0.2) is 13.7 Å². The zero-order valence-corrected chi connectivity index (χ0v) is 17.0. The molecule has 25 heavy (non-hydrogen) atoms. The molecule has 2 fully saturated rings. The monoisotopic (exact) mass is 348 g/mol. The lowest BCUT2D eigenvalue weighted by Crippen LogP contribution is -1.93. The molecule has 0 bridgehead atoms. The minimum atomic E-state index is 0.764. The Morgan fingerprint density at radius 3 is 1.88 bits per heavy atom. The van der Waals surface area contributed by atoms with E-state index in [1.807, 2.05) is 0 Å². The molecular formula is C23H40O2. The molecule has 2 heteroatoms. The Labute approximate surface area is 156 Å². The summed E-state index contributed by atoms with van der Waals surface area (Å²) in [5, 5.41) is 0. The van der Waals surface area contributed by atoms with Gasteiger partial charge in [0, 0.05) is 0 Å². The van der Waals surface area contributed by atoms with Crippen molar-refractivity contribution < 1.29 is 9.78 Å². The zero-order valence-electron chi connectivity index (χ0n) is 17.0. The molecule has 0 aromatic heterocycles. The first-order valence-electron chi connectivity index (χ1n) is 10.3. The maximum absolute atomic E-state index is 4.66. The number of hydrogen-bond donors (Lipinski definition) is 0. The van der Waals surface area contributed by atoms with Gasteiger partial charge in [0.2, 0.25) is 0 Å². The van der Waals surface area contributed by atoms with Crippen LogP contribution in [0.1, 0.15) is 78.6 Å². The van der Waals surface area contributed by atoms with E-state index in [1.165, 1.54) is 63.4 Å². The first-order chi connectivity index (χ1) is 12.1. The molecule has 1 unspecified atom stereocenters. The van der Waals surface area contributed by atoms with Gasteiger partial charge < -0.3 is 0 Å². The third-order valence-corrected chi connectivity index (χ3v) is 4.61. The molecule has 2 nitrogen and oxygen atoms in total. The molecule has 0 aromatic rings. The van der Waals surface area contributed by atoms with E-state index < -0.39 is 0 Å². The van der Waals surface area contributed by atoms with E-state index in [2.05, 4.69) is 60.9 Å². The zero-order chi connectivity index (χ0) is 18.3. The van der Waals surface area contributed by atoms with Gasteiger partial charge in [-0.1, -0.05) is 62.6 Å². The van der Waals surface area contributed by atoms with Crippen LogP contribution in [0.3, 0.4) is 0 Å². The van der Waals surface area contributed by atoms with Crippen LogP contribution in [0.25, 0.3) is 0 Å². The van der Waals surface area contributed by atoms with Crippen molar-refractivity contribution in [2.45, 2.75) is 78.6 Å². The van der Waals surface area contributed by atoms with Crippen molar-refractivity contribution in [3.05, 3.63) is 36.0 Å². The van der Waals surface area contributed by atoms with Gasteiger partial charge >= 0.3 is 0 Å². The second kappa shape index (κ2) is 14.3. The maximum Gasteiger partial charge on any atom is 0.0850 e. The molecule has 1 atom stereocenters. The highest BCUT2D eigenvalue weighted by Crippen LogP contribution is 2.28. The molecule has 0 heterocycles. The number of allylic oxidation sites excluding steroid dienone is 6. The Morgan fingerprint density at radius 1 is 1.00 bits per heavy atom. The fourth-order valence-corrected chi connectivity index (χ4v) is 2.43. The molecule has 4 aliphatic rings. The van der Waals surface area contributed by atoms with E-state index in [4.69, 9.17) is 0 Å². The van der Waals surface area contributed by atoms with Crippen LogP contribution >= 0.6 is 0 Å². The van der Waals surface area contributed by atoms with Gasteiger partial charge in [-0.15, -0.1) is 0 Å². The standard InChI is InChI=1S/C8H12.C6H10.C5H10O2.C4H8/c1-7-4-3-5-8(2)6-7;1-2-4-6-5-3-1;1-6-7-4-5-2-3-5;1-4-2-3-4/h3-5,7H,6H2,1-2H3;1-2H,3-6H2;5H,2-4H2,1H3;4H,2-3H2,1H3. The Kier molecular flexibility index (Phi) is 12.7. The molecule has 4 aliphatic carbocycles. The molecular weight excluding hydrogens is 308 g/mol. The van der Waals surface area contributed by atoms with Gasteiger partial charge in [-0.05, 0) is 69.6 Å². The summed E-state index contributed by atoms with van der Waals surface area (Å²) in [6.07, 6.45) is 23.4. The Hall–Kier alpha value is -0.860. The highest BCUT2D eigenvalue weighted by molar-refractivity contribution is 5.17. The third-order valence-electron chi connectivity index (χ3n) is 4.61. The second-order valence-corrected chi connectivity index (χ2v) is 7.91. The summed E-state index contributed by atoms with van der Waals surface area (Å²) in [5.74, 6) is 2.65. The topological polar surface area (TPSA) is 18.5 Å². The fraction of sp³-hybridized carbons (Fsp3) is 0.739. The lowest BCUT2D eigenvalue weighted by molar-refractivity contribution is -0.275. The van der Waals surface area contributed by atoms with E-state index >= 15 is 0 Å².